The Morgan fingerprint density at radius 3 is 2.38 bits per heavy atom. The van der Waals surface area contributed by atoms with Crippen molar-refractivity contribution in [1.29, 1.82) is 0 Å². The largest absolute Gasteiger partial charge is 0.432 e. The number of benzene rings is 1. The summed E-state index contributed by atoms with van der Waals surface area (Å²) in [4.78, 5) is 10.6. The molecular weight excluding hydrogens is 164 g/mol. The SMILES string of the molecule is CC(=O)O/C(C)=C\c1ccccc1. The highest BCUT2D eigenvalue weighted by Crippen LogP contribution is 2.06. The number of carbonyl (C=O) groups excluding carboxylic acids is 1. The van der Waals surface area contributed by atoms with Crippen molar-refractivity contribution in [1.82, 2.24) is 0 Å². The van der Waals surface area contributed by atoms with E-state index in [4.69, 9.17) is 4.74 Å². The standard InChI is InChI=1S/C11H12O2/c1-9(13-10(2)12)8-11-6-4-3-5-7-11/h3-8H,1-2H3/b9-8-. The molecule has 0 radical (unpaired) electrons. The van der Waals surface area contributed by atoms with E-state index in [2.05, 4.69) is 0 Å². The number of esters is 1. The number of allylic oxidation sites excluding steroid dienone is 1. The Balaban J connectivity index is 2.71. The Morgan fingerprint density at radius 1 is 1.23 bits per heavy atom. The van der Waals surface area contributed by atoms with Crippen LogP contribution in [-0.4, -0.2) is 5.97 Å². The van der Waals surface area contributed by atoms with Gasteiger partial charge in [0.1, 0.15) is 5.76 Å². The highest BCUT2D eigenvalue weighted by molar-refractivity contribution is 5.68. The van der Waals surface area contributed by atoms with Crippen LogP contribution in [0.4, 0.5) is 0 Å². The van der Waals surface area contributed by atoms with Crippen LogP contribution in [-0.2, 0) is 9.53 Å². The number of rotatable bonds is 2. The summed E-state index contributed by atoms with van der Waals surface area (Å²) in [6.45, 7) is 3.15. The van der Waals surface area contributed by atoms with Crippen LogP contribution in [0.2, 0.25) is 0 Å². The van der Waals surface area contributed by atoms with Crippen molar-refractivity contribution in [3.63, 3.8) is 0 Å². The van der Waals surface area contributed by atoms with Gasteiger partial charge in [-0.3, -0.25) is 4.79 Å². The molecule has 1 aromatic rings. The summed E-state index contributed by atoms with van der Waals surface area (Å²) in [5.41, 5.74) is 1.03. The zero-order chi connectivity index (χ0) is 9.68. The van der Waals surface area contributed by atoms with Crippen molar-refractivity contribution in [2.45, 2.75) is 13.8 Å². The molecule has 0 aromatic heterocycles. The van der Waals surface area contributed by atoms with Crippen molar-refractivity contribution in [3.8, 4) is 0 Å². The van der Waals surface area contributed by atoms with Gasteiger partial charge in [0, 0.05) is 6.92 Å². The molecule has 0 atom stereocenters. The van der Waals surface area contributed by atoms with Gasteiger partial charge in [-0.25, -0.2) is 0 Å². The minimum atomic E-state index is -0.287. The Labute approximate surface area is 77.8 Å². The molecule has 0 N–H and O–H groups in total. The lowest BCUT2D eigenvalue weighted by Gasteiger charge is -1.99. The molecule has 0 fully saturated rings. The van der Waals surface area contributed by atoms with E-state index < -0.39 is 0 Å². The summed E-state index contributed by atoms with van der Waals surface area (Å²) in [6, 6.07) is 9.72. The first kappa shape index (κ1) is 9.52. The first-order chi connectivity index (χ1) is 6.18. The second-order valence-corrected chi connectivity index (χ2v) is 2.76. The van der Waals surface area contributed by atoms with E-state index in [1.54, 1.807) is 6.92 Å². The Kier molecular flexibility index (Phi) is 3.26. The van der Waals surface area contributed by atoms with Gasteiger partial charge >= 0.3 is 5.97 Å². The molecule has 0 aliphatic heterocycles. The van der Waals surface area contributed by atoms with Gasteiger partial charge in [0.2, 0.25) is 0 Å². The fraction of sp³-hybridized carbons (Fsp3) is 0.182. The molecular formula is C11H12O2. The molecule has 1 aromatic carbocycles. The van der Waals surface area contributed by atoms with Gasteiger partial charge in [0.15, 0.2) is 0 Å². The predicted octanol–water partition coefficient (Wildman–Crippen LogP) is 2.61. The fourth-order valence-electron chi connectivity index (χ4n) is 1.04. The number of ether oxygens (including phenoxy) is 1. The van der Waals surface area contributed by atoms with Gasteiger partial charge in [-0.05, 0) is 18.6 Å². The maximum Gasteiger partial charge on any atom is 0.307 e. The third-order valence-electron chi connectivity index (χ3n) is 1.47. The van der Waals surface area contributed by atoms with Crippen LogP contribution >= 0.6 is 0 Å². The van der Waals surface area contributed by atoms with Crippen LogP contribution < -0.4 is 0 Å². The van der Waals surface area contributed by atoms with Gasteiger partial charge in [0.25, 0.3) is 0 Å². The minimum absolute atomic E-state index is 0.287. The molecule has 0 heterocycles. The molecule has 2 heteroatoms. The molecule has 0 bridgehead atoms. The maximum atomic E-state index is 10.6. The third kappa shape index (κ3) is 3.56. The minimum Gasteiger partial charge on any atom is -0.432 e. The lowest BCUT2D eigenvalue weighted by atomic mass is 10.2. The normalized spacial score (nSPS) is 11.1. The highest BCUT2D eigenvalue weighted by atomic mass is 16.5. The van der Waals surface area contributed by atoms with Crippen LogP contribution in [0.15, 0.2) is 36.1 Å². The van der Waals surface area contributed by atoms with E-state index in [9.17, 15) is 4.79 Å². The molecule has 0 saturated carbocycles. The van der Waals surface area contributed by atoms with Gasteiger partial charge < -0.3 is 4.74 Å². The Morgan fingerprint density at radius 2 is 1.85 bits per heavy atom. The van der Waals surface area contributed by atoms with Gasteiger partial charge in [-0.2, -0.15) is 0 Å². The zero-order valence-corrected chi connectivity index (χ0v) is 7.78. The van der Waals surface area contributed by atoms with Crippen molar-refractivity contribution in [2.24, 2.45) is 0 Å². The molecule has 0 aliphatic rings. The van der Waals surface area contributed by atoms with E-state index in [0.29, 0.717) is 5.76 Å². The maximum absolute atomic E-state index is 10.6. The first-order valence-corrected chi connectivity index (χ1v) is 4.10. The molecule has 68 valence electrons. The van der Waals surface area contributed by atoms with E-state index in [0.717, 1.165) is 5.56 Å². The molecule has 0 spiro atoms. The van der Waals surface area contributed by atoms with E-state index in [1.807, 2.05) is 36.4 Å². The van der Waals surface area contributed by atoms with Gasteiger partial charge in [-0.1, -0.05) is 30.3 Å². The number of hydrogen-bond acceptors (Lipinski definition) is 2. The summed E-state index contributed by atoms with van der Waals surface area (Å²) in [5, 5.41) is 0. The summed E-state index contributed by atoms with van der Waals surface area (Å²) in [7, 11) is 0. The lowest BCUT2D eigenvalue weighted by molar-refractivity contribution is -0.136. The van der Waals surface area contributed by atoms with Crippen LogP contribution in [0.1, 0.15) is 19.4 Å². The molecule has 2 nitrogen and oxygen atoms in total. The van der Waals surface area contributed by atoms with Gasteiger partial charge in [-0.15, -0.1) is 0 Å². The molecule has 1 rings (SSSR count). The quantitative estimate of drug-likeness (QED) is 0.511. The smallest absolute Gasteiger partial charge is 0.307 e. The second kappa shape index (κ2) is 4.45. The van der Waals surface area contributed by atoms with Crippen LogP contribution in [0.5, 0.6) is 0 Å². The first-order valence-electron chi connectivity index (χ1n) is 4.10. The predicted molar refractivity (Wildman–Crippen MR) is 51.9 cm³/mol. The second-order valence-electron chi connectivity index (χ2n) is 2.76. The summed E-state index contributed by atoms with van der Waals surface area (Å²) >= 11 is 0. The van der Waals surface area contributed by atoms with Crippen LogP contribution in [0.25, 0.3) is 6.08 Å². The summed E-state index contributed by atoms with van der Waals surface area (Å²) in [6.07, 6.45) is 1.82. The Hall–Kier alpha value is -1.57. The van der Waals surface area contributed by atoms with E-state index >= 15 is 0 Å². The molecule has 0 aliphatic carbocycles. The van der Waals surface area contributed by atoms with Crippen molar-refractivity contribution >= 4 is 12.0 Å². The van der Waals surface area contributed by atoms with E-state index in [-0.39, 0.29) is 5.97 Å². The number of hydrogen-bond donors (Lipinski definition) is 0. The van der Waals surface area contributed by atoms with Crippen LogP contribution in [0.3, 0.4) is 0 Å². The lowest BCUT2D eigenvalue weighted by Crippen LogP contribution is -1.95. The topological polar surface area (TPSA) is 26.3 Å². The van der Waals surface area contributed by atoms with Crippen molar-refractivity contribution < 1.29 is 9.53 Å². The third-order valence-corrected chi connectivity index (χ3v) is 1.47. The van der Waals surface area contributed by atoms with Crippen LogP contribution in [0, 0.1) is 0 Å². The zero-order valence-electron chi connectivity index (χ0n) is 7.78. The van der Waals surface area contributed by atoms with Crippen molar-refractivity contribution in [2.75, 3.05) is 0 Å². The molecule has 0 saturated heterocycles. The van der Waals surface area contributed by atoms with Crippen molar-refractivity contribution in [3.05, 3.63) is 41.7 Å². The fourth-order valence-corrected chi connectivity index (χ4v) is 1.04. The number of carbonyl (C=O) groups is 1. The monoisotopic (exact) mass is 176 g/mol. The summed E-state index contributed by atoms with van der Waals surface area (Å²) in [5.74, 6) is 0.323. The Bertz CT molecular complexity index is 312. The molecule has 0 amide bonds. The van der Waals surface area contributed by atoms with Gasteiger partial charge in [0.05, 0.1) is 0 Å². The molecule has 13 heavy (non-hydrogen) atoms. The highest BCUT2D eigenvalue weighted by Gasteiger charge is 1.94. The average molecular weight is 176 g/mol. The van der Waals surface area contributed by atoms with E-state index in [1.165, 1.54) is 6.92 Å². The molecule has 0 unspecified atom stereocenters. The average Bonchev–Trinajstić information content (AvgIpc) is 2.04. The summed E-state index contributed by atoms with van der Waals surface area (Å²) < 4.78 is 4.88.